The molecule has 2 aromatic heterocycles. The van der Waals surface area contributed by atoms with Crippen LogP contribution in [0.1, 0.15) is 60.5 Å². The van der Waals surface area contributed by atoms with Crippen LogP contribution in [0.15, 0.2) is 48.7 Å². The van der Waals surface area contributed by atoms with E-state index in [2.05, 4.69) is 17.6 Å². The molecule has 4 unspecified atom stereocenters. The van der Waals surface area contributed by atoms with Crippen LogP contribution in [0.2, 0.25) is 0 Å². The fraction of sp³-hybridized carbons (Fsp3) is 0.407. The molecule has 1 saturated heterocycles. The smallest absolute Gasteiger partial charge is 0.251 e. The van der Waals surface area contributed by atoms with Gasteiger partial charge in [-0.25, -0.2) is 4.39 Å². The Bertz CT molecular complexity index is 1210. The molecule has 180 valence electrons. The van der Waals surface area contributed by atoms with Gasteiger partial charge in [0.1, 0.15) is 5.82 Å². The number of amides is 2. The summed E-state index contributed by atoms with van der Waals surface area (Å²) >= 11 is 0. The number of halogens is 1. The molecule has 0 saturated carbocycles. The van der Waals surface area contributed by atoms with Crippen LogP contribution in [0.25, 0.3) is 5.52 Å². The fourth-order valence-electron chi connectivity index (χ4n) is 4.93. The highest BCUT2D eigenvalue weighted by molar-refractivity contribution is 5.97. The first-order valence-corrected chi connectivity index (χ1v) is 11.8. The molecule has 3 heterocycles. The molecule has 1 aliphatic heterocycles. The van der Waals surface area contributed by atoms with E-state index in [0.717, 1.165) is 23.2 Å². The second kappa shape index (κ2) is 9.97. The van der Waals surface area contributed by atoms with Gasteiger partial charge >= 0.3 is 0 Å². The summed E-state index contributed by atoms with van der Waals surface area (Å²) in [5, 5.41) is 5.95. The molecule has 4 rings (SSSR count). The molecular weight excluding hydrogens is 433 g/mol. The number of piperidine rings is 1. The van der Waals surface area contributed by atoms with Crippen LogP contribution in [-0.4, -0.2) is 28.8 Å². The molecule has 1 aromatic carbocycles. The summed E-state index contributed by atoms with van der Waals surface area (Å²) in [4.78, 5) is 25.6. The maximum atomic E-state index is 14.0. The van der Waals surface area contributed by atoms with E-state index in [0.29, 0.717) is 17.7 Å². The van der Waals surface area contributed by atoms with Crippen molar-refractivity contribution in [2.45, 2.75) is 52.9 Å². The third-order valence-electron chi connectivity index (χ3n) is 6.82. The number of pyridine rings is 1. The molecule has 34 heavy (non-hydrogen) atoms. The monoisotopic (exact) mass is 465 g/mol. The van der Waals surface area contributed by atoms with Crippen LogP contribution in [0.4, 0.5) is 4.39 Å². The van der Waals surface area contributed by atoms with Crippen LogP contribution in [0, 0.1) is 24.6 Å². The predicted molar refractivity (Wildman–Crippen MR) is 129 cm³/mol. The summed E-state index contributed by atoms with van der Waals surface area (Å²) in [7, 11) is 0. The lowest BCUT2D eigenvalue weighted by molar-refractivity contribution is -0.129. The van der Waals surface area contributed by atoms with Gasteiger partial charge < -0.3 is 19.8 Å². The normalized spacial score (nSPS) is 21.3. The molecule has 2 amide bonds. The van der Waals surface area contributed by atoms with Crippen molar-refractivity contribution in [1.29, 1.82) is 0 Å². The third kappa shape index (κ3) is 4.85. The van der Waals surface area contributed by atoms with Gasteiger partial charge in [0, 0.05) is 35.4 Å². The van der Waals surface area contributed by atoms with Crippen molar-refractivity contribution >= 4 is 17.3 Å². The summed E-state index contributed by atoms with van der Waals surface area (Å²) in [5.74, 6) is -0.592. The maximum Gasteiger partial charge on any atom is 0.251 e. The molecule has 0 spiro atoms. The SMILES string of the molecule is Cc1c(C(=O)NCC2C(=O)NC(C)CC2C)cc2cccn2c1C(C)OCc1ccccc1F. The maximum absolute atomic E-state index is 14.0. The fourth-order valence-corrected chi connectivity index (χ4v) is 4.93. The van der Waals surface area contributed by atoms with Crippen molar-refractivity contribution in [3.05, 3.63) is 76.9 Å². The molecule has 0 radical (unpaired) electrons. The van der Waals surface area contributed by atoms with E-state index >= 15 is 0 Å². The minimum atomic E-state index is -0.382. The first kappa shape index (κ1) is 24.0. The molecule has 7 heteroatoms. The zero-order valence-corrected chi connectivity index (χ0v) is 20.1. The quantitative estimate of drug-likeness (QED) is 0.538. The van der Waals surface area contributed by atoms with Gasteiger partial charge in [0.15, 0.2) is 0 Å². The molecule has 4 atom stereocenters. The van der Waals surface area contributed by atoms with Crippen molar-refractivity contribution < 1.29 is 18.7 Å². The number of carbonyl (C=O) groups excluding carboxylic acids is 2. The summed E-state index contributed by atoms with van der Waals surface area (Å²) < 4.78 is 22.1. The van der Waals surface area contributed by atoms with Crippen LogP contribution >= 0.6 is 0 Å². The molecule has 2 N–H and O–H groups in total. The Kier molecular flexibility index (Phi) is 7.03. The lowest BCUT2D eigenvalue weighted by Crippen LogP contribution is -2.50. The number of fused-ring (bicyclic) bond motifs is 1. The van der Waals surface area contributed by atoms with E-state index in [9.17, 15) is 14.0 Å². The highest BCUT2D eigenvalue weighted by Crippen LogP contribution is 2.28. The van der Waals surface area contributed by atoms with Gasteiger partial charge in [-0.05, 0) is 62.9 Å². The van der Waals surface area contributed by atoms with Crippen LogP contribution in [0.3, 0.4) is 0 Å². The van der Waals surface area contributed by atoms with Gasteiger partial charge in [-0.1, -0.05) is 25.1 Å². The van der Waals surface area contributed by atoms with E-state index in [-0.39, 0.29) is 48.2 Å². The van der Waals surface area contributed by atoms with E-state index in [1.54, 1.807) is 18.2 Å². The van der Waals surface area contributed by atoms with Gasteiger partial charge in [-0.3, -0.25) is 9.59 Å². The standard InChI is InChI=1S/C27H32FN3O3/c1-16-12-17(2)30-27(33)23(16)14-29-26(32)22-13-21-9-7-11-31(21)25(18(22)3)19(4)34-15-20-8-5-6-10-24(20)28/h5-11,13,16-17,19,23H,12,14-15H2,1-4H3,(H,29,32)(H,30,33). The number of hydrogen-bond donors (Lipinski definition) is 2. The highest BCUT2D eigenvalue weighted by atomic mass is 19.1. The van der Waals surface area contributed by atoms with Crippen molar-refractivity contribution in [2.24, 2.45) is 11.8 Å². The second-order valence-electron chi connectivity index (χ2n) is 9.36. The number of ether oxygens (including phenoxy) is 1. The van der Waals surface area contributed by atoms with Crippen molar-refractivity contribution in [2.75, 3.05) is 6.54 Å². The van der Waals surface area contributed by atoms with Crippen molar-refractivity contribution in [1.82, 2.24) is 15.0 Å². The largest absolute Gasteiger partial charge is 0.367 e. The number of nitrogens with zero attached hydrogens (tertiary/aromatic N) is 1. The summed E-state index contributed by atoms with van der Waals surface area (Å²) in [6, 6.07) is 12.4. The molecule has 0 aliphatic carbocycles. The Morgan fingerprint density at radius 2 is 2.03 bits per heavy atom. The molecule has 6 nitrogen and oxygen atoms in total. The van der Waals surface area contributed by atoms with Gasteiger partial charge in [0.2, 0.25) is 5.91 Å². The zero-order chi connectivity index (χ0) is 24.4. The lowest BCUT2D eigenvalue weighted by atomic mass is 9.84. The summed E-state index contributed by atoms with van der Waals surface area (Å²) in [6.07, 6.45) is 2.44. The average Bonchev–Trinajstić information content (AvgIpc) is 3.25. The van der Waals surface area contributed by atoms with Gasteiger partial charge in [0.05, 0.1) is 24.3 Å². The second-order valence-corrected chi connectivity index (χ2v) is 9.36. The van der Waals surface area contributed by atoms with Crippen LogP contribution < -0.4 is 10.6 Å². The van der Waals surface area contributed by atoms with E-state index < -0.39 is 0 Å². The molecule has 0 bridgehead atoms. The molecular formula is C27H32FN3O3. The number of benzene rings is 1. The average molecular weight is 466 g/mol. The zero-order valence-electron chi connectivity index (χ0n) is 20.1. The first-order chi connectivity index (χ1) is 16.3. The molecule has 3 aromatic rings. The topological polar surface area (TPSA) is 71.8 Å². The number of hydrogen-bond acceptors (Lipinski definition) is 3. The minimum absolute atomic E-state index is 0.0128. The summed E-state index contributed by atoms with van der Waals surface area (Å²) in [5.41, 5.74) is 3.52. The lowest BCUT2D eigenvalue weighted by Gasteiger charge is -2.32. The Hall–Kier alpha value is -3.19. The van der Waals surface area contributed by atoms with E-state index in [1.165, 1.54) is 6.07 Å². The van der Waals surface area contributed by atoms with Crippen molar-refractivity contribution in [3.63, 3.8) is 0 Å². The Morgan fingerprint density at radius 3 is 2.76 bits per heavy atom. The Balaban J connectivity index is 1.54. The van der Waals surface area contributed by atoms with Crippen LogP contribution in [0.5, 0.6) is 0 Å². The molecule has 1 aliphatic rings. The van der Waals surface area contributed by atoms with Gasteiger partial charge in [-0.15, -0.1) is 0 Å². The first-order valence-electron chi connectivity index (χ1n) is 11.8. The molecule has 1 fully saturated rings. The van der Waals surface area contributed by atoms with Crippen LogP contribution in [-0.2, 0) is 16.1 Å². The summed E-state index contributed by atoms with van der Waals surface area (Å²) in [6.45, 7) is 8.26. The number of carbonyl (C=O) groups is 2. The van der Waals surface area contributed by atoms with Gasteiger partial charge in [0.25, 0.3) is 5.91 Å². The number of aromatic nitrogens is 1. The Labute approximate surface area is 199 Å². The Morgan fingerprint density at radius 1 is 1.26 bits per heavy atom. The highest BCUT2D eigenvalue weighted by Gasteiger charge is 2.32. The number of rotatable bonds is 7. The van der Waals surface area contributed by atoms with Crippen molar-refractivity contribution in [3.8, 4) is 0 Å². The number of nitrogens with one attached hydrogen (secondary N) is 2. The van der Waals surface area contributed by atoms with Gasteiger partial charge in [-0.2, -0.15) is 0 Å². The minimum Gasteiger partial charge on any atom is -0.367 e. The predicted octanol–water partition coefficient (Wildman–Crippen LogP) is 4.56. The van der Waals surface area contributed by atoms with E-state index in [1.807, 2.05) is 49.6 Å². The van der Waals surface area contributed by atoms with E-state index in [4.69, 9.17) is 4.74 Å². The third-order valence-corrected chi connectivity index (χ3v) is 6.82.